The van der Waals surface area contributed by atoms with Crippen LogP contribution >= 0.6 is 0 Å². The van der Waals surface area contributed by atoms with E-state index in [1.165, 1.54) is 6.20 Å². The number of benzene rings is 1. The molecule has 14 heavy (non-hydrogen) atoms. The highest BCUT2D eigenvalue weighted by Crippen LogP contribution is 2.24. The SMILES string of the molecule is O=c1ncc2c([nH]1)oc1ccccc12. The van der Waals surface area contributed by atoms with Gasteiger partial charge in [-0.1, -0.05) is 18.2 Å². The summed E-state index contributed by atoms with van der Waals surface area (Å²) < 4.78 is 5.44. The Labute approximate surface area is 78.2 Å². The maximum Gasteiger partial charge on any atom is 0.347 e. The number of hydrogen-bond donors (Lipinski definition) is 1. The molecule has 68 valence electrons. The lowest BCUT2D eigenvalue weighted by atomic mass is 10.2. The number of H-pyrrole nitrogens is 1. The smallest absolute Gasteiger partial charge is 0.347 e. The van der Waals surface area contributed by atoms with Crippen molar-refractivity contribution in [1.29, 1.82) is 0 Å². The van der Waals surface area contributed by atoms with Crippen molar-refractivity contribution in [2.45, 2.75) is 0 Å². The summed E-state index contributed by atoms with van der Waals surface area (Å²) in [6, 6.07) is 7.59. The van der Waals surface area contributed by atoms with Gasteiger partial charge in [-0.25, -0.2) is 9.78 Å². The molecule has 0 bridgehead atoms. The van der Waals surface area contributed by atoms with Crippen LogP contribution in [0.2, 0.25) is 0 Å². The molecule has 1 aromatic carbocycles. The second-order valence-electron chi connectivity index (χ2n) is 3.03. The predicted molar refractivity (Wildman–Crippen MR) is 52.1 cm³/mol. The van der Waals surface area contributed by atoms with Crippen LogP contribution < -0.4 is 5.69 Å². The van der Waals surface area contributed by atoms with Crippen LogP contribution in [0.3, 0.4) is 0 Å². The van der Waals surface area contributed by atoms with E-state index in [1.54, 1.807) is 0 Å². The van der Waals surface area contributed by atoms with Crippen molar-refractivity contribution < 1.29 is 4.42 Å². The lowest BCUT2D eigenvalue weighted by Gasteiger charge is -1.84. The number of nitrogens with zero attached hydrogens (tertiary/aromatic N) is 1. The van der Waals surface area contributed by atoms with E-state index in [0.29, 0.717) is 5.71 Å². The minimum atomic E-state index is -0.392. The van der Waals surface area contributed by atoms with Crippen LogP contribution in [-0.4, -0.2) is 9.97 Å². The topological polar surface area (TPSA) is 58.9 Å². The molecule has 0 aliphatic rings. The van der Waals surface area contributed by atoms with Gasteiger partial charge < -0.3 is 4.42 Å². The lowest BCUT2D eigenvalue weighted by Crippen LogP contribution is -2.07. The molecule has 0 spiro atoms. The van der Waals surface area contributed by atoms with Crippen LogP contribution in [0.1, 0.15) is 0 Å². The van der Waals surface area contributed by atoms with E-state index in [4.69, 9.17) is 4.42 Å². The van der Waals surface area contributed by atoms with Gasteiger partial charge in [0.15, 0.2) is 0 Å². The molecule has 3 rings (SSSR count). The summed E-state index contributed by atoms with van der Waals surface area (Å²) in [4.78, 5) is 17.1. The van der Waals surface area contributed by atoms with Gasteiger partial charge in [0.2, 0.25) is 5.71 Å². The van der Waals surface area contributed by atoms with Crippen LogP contribution in [0.25, 0.3) is 22.1 Å². The maximum atomic E-state index is 10.9. The summed E-state index contributed by atoms with van der Waals surface area (Å²) in [6.07, 6.45) is 1.53. The molecule has 0 radical (unpaired) electrons. The molecule has 2 aromatic heterocycles. The highest BCUT2D eigenvalue weighted by molar-refractivity contribution is 6.02. The van der Waals surface area contributed by atoms with Gasteiger partial charge in [-0.05, 0) is 6.07 Å². The zero-order chi connectivity index (χ0) is 9.54. The van der Waals surface area contributed by atoms with E-state index >= 15 is 0 Å². The molecule has 0 saturated heterocycles. The van der Waals surface area contributed by atoms with Gasteiger partial charge in [0.1, 0.15) is 5.58 Å². The first-order valence-corrected chi connectivity index (χ1v) is 4.21. The first-order chi connectivity index (χ1) is 6.84. The van der Waals surface area contributed by atoms with Gasteiger partial charge in [0.05, 0.1) is 5.39 Å². The molecule has 3 aromatic rings. The average Bonchev–Trinajstić information content (AvgIpc) is 2.54. The zero-order valence-electron chi connectivity index (χ0n) is 7.15. The Balaban J connectivity index is 2.63. The molecule has 4 heteroatoms. The van der Waals surface area contributed by atoms with Crippen molar-refractivity contribution in [1.82, 2.24) is 9.97 Å². The number of nitrogens with one attached hydrogen (secondary N) is 1. The Bertz CT molecular complexity index is 666. The summed E-state index contributed by atoms with van der Waals surface area (Å²) in [5.41, 5.74) is 0.842. The predicted octanol–water partition coefficient (Wildman–Crippen LogP) is 1.67. The number of furan rings is 1. The highest BCUT2D eigenvalue weighted by atomic mass is 16.3. The van der Waals surface area contributed by atoms with Gasteiger partial charge in [-0.15, -0.1) is 0 Å². The summed E-state index contributed by atoms with van der Waals surface area (Å²) >= 11 is 0. The molecular formula is C10H6N2O2. The number of para-hydroxylation sites is 1. The Morgan fingerprint density at radius 2 is 2.07 bits per heavy atom. The van der Waals surface area contributed by atoms with E-state index in [1.807, 2.05) is 24.3 Å². The fraction of sp³-hybridized carbons (Fsp3) is 0. The van der Waals surface area contributed by atoms with Crippen LogP contribution in [0.15, 0.2) is 39.7 Å². The van der Waals surface area contributed by atoms with Crippen molar-refractivity contribution in [3.63, 3.8) is 0 Å². The fourth-order valence-corrected chi connectivity index (χ4v) is 1.54. The van der Waals surface area contributed by atoms with Crippen LogP contribution in [0.4, 0.5) is 0 Å². The third kappa shape index (κ3) is 0.877. The summed E-state index contributed by atoms with van der Waals surface area (Å²) in [6.45, 7) is 0. The van der Waals surface area contributed by atoms with Crippen LogP contribution in [0, 0.1) is 0 Å². The average molecular weight is 186 g/mol. The van der Waals surface area contributed by atoms with Gasteiger partial charge >= 0.3 is 5.69 Å². The normalized spacial score (nSPS) is 11.1. The number of fused-ring (bicyclic) bond motifs is 3. The van der Waals surface area contributed by atoms with Gasteiger partial charge in [-0.3, -0.25) is 4.98 Å². The van der Waals surface area contributed by atoms with Crippen molar-refractivity contribution in [2.24, 2.45) is 0 Å². The van der Waals surface area contributed by atoms with Crippen LogP contribution in [0.5, 0.6) is 0 Å². The van der Waals surface area contributed by atoms with E-state index in [-0.39, 0.29) is 0 Å². The Kier molecular flexibility index (Phi) is 1.28. The van der Waals surface area contributed by atoms with E-state index in [2.05, 4.69) is 9.97 Å². The maximum absolute atomic E-state index is 10.9. The summed E-state index contributed by atoms with van der Waals surface area (Å²) in [7, 11) is 0. The van der Waals surface area contributed by atoms with Gasteiger partial charge in [-0.2, -0.15) is 0 Å². The Morgan fingerprint density at radius 3 is 3.00 bits per heavy atom. The standard InChI is InChI=1S/C10H6N2O2/c13-10-11-5-7-6-3-1-2-4-8(6)14-9(7)12-10/h1-5H,(H,11,12,13). The molecule has 0 fully saturated rings. The molecule has 0 saturated carbocycles. The van der Waals surface area contributed by atoms with E-state index < -0.39 is 5.69 Å². The monoisotopic (exact) mass is 186 g/mol. The second kappa shape index (κ2) is 2.45. The van der Waals surface area contributed by atoms with Crippen molar-refractivity contribution in [2.75, 3.05) is 0 Å². The van der Waals surface area contributed by atoms with Gasteiger partial charge in [0, 0.05) is 11.6 Å². The molecule has 0 aliphatic carbocycles. The minimum Gasteiger partial charge on any atom is -0.440 e. The largest absolute Gasteiger partial charge is 0.440 e. The molecule has 0 amide bonds. The molecule has 4 nitrogen and oxygen atoms in total. The van der Waals surface area contributed by atoms with E-state index in [9.17, 15) is 4.79 Å². The number of aromatic amines is 1. The van der Waals surface area contributed by atoms with Gasteiger partial charge in [0.25, 0.3) is 0 Å². The summed E-state index contributed by atoms with van der Waals surface area (Å²) in [5.74, 6) is 0. The Hall–Kier alpha value is -2.10. The molecular weight excluding hydrogens is 180 g/mol. The first kappa shape index (κ1) is 7.32. The quantitative estimate of drug-likeness (QED) is 0.581. The zero-order valence-corrected chi connectivity index (χ0v) is 7.15. The molecule has 0 aliphatic heterocycles. The van der Waals surface area contributed by atoms with Crippen molar-refractivity contribution >= 4 is 22.1 Å². The van der Waals surface area contributed by atoms with Crippen molar-refractivity contribution in [3.8, 4) is 0 Å². The second-order valence-corrected chi connectivity index (χ2v) is 3.03. The summed E-state index contributed by atoms with van der Waals surface area (Å²) in [5, 5.41) is 1.80. The molecule has 2 heterocycles. The first-order valence-electron chi connectivity index (χ1n) is 4.21. The number of rotatable bonds is 0. The van der Waals surface area contributed by atoms with Crippen molar-refractivity contribution in [3.05, 3.63) is 40.9 Å². The Morgan fingerprint density at radius 1 is 1.21 bits per heavy atom. The third-order valence-electron chi connectivity index (χ3n) is 2.17. The number of hydrogen-bond acceptors (Lipinski definition) is 3. The minimum absolute atomic E-state index is 0.392. The third-order valence-corrected chi connectivity index (χ3v) is 2.17. The number of aromatic nitrogens is 2. The molecule has 1 N–H and O–H groups in total. The highest BCUT2D eigenvalue weighted by Gasteiger charge is 2.05. The fourth-order valence-electron chi connectivity index (χ4n) is 1.54. The molecule has 0 unspecified atom stereocenters. The van der Waals surface area contributed by atoms with Crippen LogP contribution in [-0.2, 0) is 0 Å². The van der Waals surface area contributed by atoms with E-state index in [0.717, 1.165) is 16.4 Å². The molecule has 0 atom stereocenters. The lowest BCUT2D eigenvalue weighted by molar-refractivity contribution is 0.650.